The molecule has 1 N–H and O–H groups in total. The van der Waals surface area contributed by atoms with E-state index < -0.39 is 10.0 Å². The zero-order valence-corrected chi connectivity index (χ0v) is 17.0. The smallest absolute Gasteiger partial charge is 0.257 e. The molecule has 9 heteroatoms. The third-order valence-electron chi connectivity index (χ3n) is 5.68. The average molecular weight is 399 g/mol. The predicted molar refractivity (Wildman–Crippen MR) is 102 cm³/mol. The lowest BCUT2D eigenvalue weighted by atomic mass is 9.78. The van der Waals surface area contributed by atoms with E-state index in [0.29, 0.717) is 37.7 Å². The van der Waals surface area contributed by atoms with Gasteiger partial charge in [0.1, 0.15) is 0 Å². The molecule has 0 saturated carbocycles. The molecule has 1 aromatic rings. The maximum Gasteiger partial charge on any atom is 0.257 e. The number of amides is 1. The Labute approximate surface area is 161 Å². The van der Waals surface area contributed by atoms with Gasteiger partial charge in [0.25, 0.3) is 5.91 Å². The number of ether oxygens (including phenoxy) is 1. The van der Waals surface area contributed by atoms with Crippen LogP contribution in [0.2, 0.25) is 0 Å². The topological polar surface area (TPSA) is 93.5 Å². The maximum atomic E-state index is 12.7. The van der Waals surface area contributed by atoms with Gasteiger partial charge in [-0.2, -0.15) is 5.10 Å². The van der Waals surface area contributed by atoms with Crippen molar-refractivity contribution in [1.29, 1.82) is 0 Å². The lowest BCUT2D eigenvalue weighted by molar-refractivity contribution is -0.124. The number of carbonyl (C=O) groups excluding carboxylic acids is 1. The standard InChI is InChI=1S/C18H30N4O4S/c1-3-22-14-16(13-19-22)17(23)21-9-6-18(7-10-21)12-15(5-11-26-18)4-8-20-27(2,24)25/h13-15,20H,3-12H2,1-2H3. The van der Waals surface area contributed by atoms with E-state index >= 15 is 0 Å². The van der Waals surface area contributed by atoms with Gasteiger partial charge < -0.3 is 9.64 Å². The van der Waals surface area contributed by atoms with Crippen LogP contribution in [0.25, 0.3) is 0 Å². The number of nitrogens with one attached hydrogen (secondary N) is 1. The van der Waals surface area contributed by atoms with Gasteiger partial charge >= 0.3 is 0 Å². The maximum absolute atomic E-state index is 12.7. The van der Waals surface area contributed by atoms with Gasteiger partial charge in [0.2, 0.25) is 10.0 Å². The van der Waals surface area contributed by atoms with Gasteiger partial charge in [-0.1, -0.05) is 0 Å². The van der Waals surface area contributed by atoms with Crippen molar-refractivity contribution in [3.63, 3.8) is 0 Å². The second-order valence-corrected chi connectivity index (χ2v) is 9.56. The lowest BCUT2D eigenvalue weighted by Gasteiger charge is -2.46. The Morgan fingerprint density at radius 1 is 1.41 bits per heavy atom. The summed E-state index contributed by atoms with van der Waals surface area (Å²) in [6.07, 6.45) is 9.02. The van der Waals surface area contributed by atoms with E-state index in [9.17, 15) is 13.2 Å². The molecule has 0 aromatic carbocycles. The van der Waals surface area contributed by atoms with Crippen LogP contribution in [0, 0.1) is 5.92 Å². The summed E-state index contributed by atoms with van der Waals surface area (Å²) in [5, 5.41) is 4.19. The molecule has 3 rings (SSSR count). The minimum atomic E-state index is -3.13. The third kappa shape index (κ3) is 5.30. The lowest BCUT2D eigenvalue weighted by Crippen LogP contribution is -2.51. The number of likely N-dealkylation sites (tertiary alicyclic amines) is 1. The van der Waals surface area contributed by atoms with Crippen molar-refractivity contribution >= 4 is 15.9 Å². The summed E-state index contributed by atoms with van der Waals surface area (Å²) >= 11 is 0. The number of hydrogen-bond donors (Lipinski definition) is 1. The zero-order valence-electron chi connectivity index (χ0n) is 16.2. The van der Waals surface area contributed by atoms with Crippen LogP contribution < -0.4 is 4.72 Å². The second-order valence-electron chi connectivity index (χ2n) is 7.72. The Balaban J connectivity index is 1.51. The summed E-state index contributed by atoms with van der Waals surface area (Å²) < 4.78 is 32.9. The van der Waals surface area contributed by atoms with Crippen molar-refractivity contribution in [3.05, 3.63) is 18.0 Å². The quantitative estimate of drug-likeness (QED) is 0.778. The molecule has 152 valence electrons. The van der Waals surface area contributed by atoms with Crippen LogP contribution in [-0.2, 0) is 21.3 Å². The highest BCUT2D eigenvalue weighted by atomic mass is 32.2. The Morgan fingerprint density at radius 3 is 2.78 bits per heavy atom. The van der Waals surface area contributed by atoms with E-state index in [-0.39, 0.29) is 11.5 Å². The van der Waals surface area contributed by atoms with Gasteiger partial charge in [0, 0.05) is 39.0 Å². The van der Waals surface area contributed by atoms with Crippen LogP contribution in [0.1, 0.15) is 49.4 Å². The molecule has 1 amide bonds. The van der Waals surface area contributed by atoms with Crippen LogP contribution in [0.3, 0.4) is 0 Å². The molecule has 1 unspecified atom stereocenters. The molecule has 3 heterocycles. The molecule has 2 aliphatic rings. The summed E-state index contributed by atoms with van der Waals surface area (Å²) in [6.45, 7) is 5.30. The SMILES string of the molecule is CCn1cc(C(=O)N2CCC3(CC2)CC(CCNS(C)(=O)=O)CCO3)cn1. The summed E-state index contributed by atoms with van der Waals surface area (Å²) in [4.78, 5) is 14.6. The second kappa shape index (κ2) is 8.28. The number of carbonyl (C=O) groups is 1. The highest BCUT2D eigenvalue weighted by Crippen LogP contribution is 2.38. The Morgan fingerprint density at radius 2 is 2.15 bits per heavy atom. The first-order valence-corrected chi connectivity index (χ1v) is 11.6. The van der Waals surface area contributed by atoms with Crippen molar-refractivity contribution in [2.75, 3.05) is 32.5 Å². The Kier molecular flexibility index (Phi) is 6.22. The van der Waals surface area contributed by atoms with Gasteiger partial charge in [0.15, 0.2) is 0 Å². The number of piperidine rings is 1. The molecule has 1 spiro atoms. The Hall–Kier alpha value is -1.45. The molecule has 1 aromatic heterocycles. The molecule has 0 bridgehead atoms. The van der Waals surface area contributed by atoms with Gasteiger partial charge in [0.05, 0.1) is 23.6 Å². The fourth-order valence-corrected chi connectivity index (χ4v) is 4.61. The fraction of sp³-hybridized carbons (Fsp3) is 0.778. The van der Waals surface area contributed by atoms with E-state index in [0.717, 1.165) is 38.6 Å². The first-order chi connectivity index (χ1) is 12.8. The molecule has 1 atom stereocenters. The summed E-state index contributed by atoms with van der Waals surface area (Å²) in [5.41, 5.74) is 0.473. The molecule has 2 saturated heterocycles. The summed E-state index contributed by atoms with van der Waals surface area (Å²) in [7, 11) is -3.13. The average Bonchev–Trinajstić information content (AvgIpc) is 3.10. The molecule has 2 aliphatic heterocycles. The number of rotatable bonds is 6. The normalized spacial score (nSPS) is 22.9. The number of aryl methyl sites for hydroxylation is 1. The van der Waals surface area contributed by atoms with Gasteiger partial charge in [-0.25, -0.2) is 13.1 Å². The van der Waals surface area contributed by atoms with Crippen LogP contribution in [0.4, 0.5) is 0 Å². The molecule has 2 fully saturated rings. The number of aromatic nitrogens is 2. The first kappa shape index (κ1) is 20.3. The van der Waals surface area contributed by atoms with Crippen molar-refractivity contribution in [2.24, 2.45) is 5.92 Å². The highest BCUT2D eigenvalue weighted by Gasteiger charge is 2.41. The largest absolute Gasteiger partial charge is 0.375 e. The van der Waals surface area contributed by atoms with Crippen molar-refractivity contribution in [1.82, 2.24) is 19.4 Å². The van der Waals surface area contributed by atoms with E-state index in [1.54, 1.807) is 17.1 Å². The van der Waals surface area contributed by atoms with Crippen molar-refractivity contribution in [3.8, 4) is 0 Å². The van der Waals surface area contributed by atoms with Gasteiger partial charge in [-0.15, -0.1) is 0 Å². The third-order valence-corrected chi connectivity index (χ3v) is 6.41. The van der Waals surface area contributed by atoms with Gasteiger partial charge in [-0.3, -0.25) is 9.48 Å². The number of sulfonamides is 1. The van der Waals surface area contributed by atoms with E-state index in [2.05, 4.69) is 9.82 Å². The molecule has 0 radical (unpaired) electrons. The minimum Gasteiger partial charge on any atom is -0.375 e. The number of hydrogen-bond acceptors (Lipinski definition) is 5. The monoisotopic (exact) mass is 398 g/mol. The molecular formula is C18H30N4O4S. The minimum absolute atomic E-state index is 0.0364. The molecule has 27 heavy (non-hydrogen) atoms. The summed E-state index contributed by atoms with van der Waals surface area (Å²) in [6, 6.07) is 0. The highest BCUT2D eigenvalue weighted by molar-refractivity contribution is 7.88. The van der Waals surface area contributed by atoms with Crippen LogP contribution in [-0.4, -0.2) is 67.1 Å². The first-order valence-electron chi connectivity index (χ1n) is 9.70. The zero-order chi connectivity index (χ0) is 19.5. The predicted octanol–water partition coefficient (Wildman–Crippen LogP) is 1.24. The molecular weight excluding hydrogens is 368 g/mol. The van der Waals surface area contributed by atoms with Crippen LogP contribution >= 0.6 is 0 Å². The molecule has 0 aliphatic carbocycles. The van der Waals surface area contributed by atoms with Crippen LogP contribution in [0.15, 0.2) is 12.4 Å². The fourth-order valence-electron chi connectivity index (χ4n) is 4.12. The van der Waals surface area contributed by atoms with Gasteiger partial charge in [-0.05, 0) is 44.9 Å². The van der Waals surface area contributed by atoms with E-state index in [1.807, 2.05) is 11.8 Å². The number of nitrogens with zero attached hydrogens (tertiary/aromatic N) is 3. The van der Waals surface area contributed by atoms with Crippen LogP contribution in [0.5, 0.6) is 0 Å². The van der Waals surface area contributed by atoms with Crippen molar-refractivity contribution < 1.29 is 17.9 Å². The molecule has 8 nitrogen and oxygen atoms in total. The summed E-state index contributed by atoms with van der Waals surface area (Å²) in [5.74, 6) is 0.493. The van der Waals surface area contributed by atoms with E-state index in [4.69, 9.17) is 4.74 Å². The van der Waals surface area contributed by atoms with E-state index in [1.165, 1.54) is 6.26 Å². The Bertz CT molecular complexity index is 753. The van der Waals surface area contributed by atoms with Crippen molar-refractivity contribution in [2.45, 2.75) is 51.2 Å².